The van der Waals surface area contributed by atoms with Crippen LogP contribution in [0, 0.1) is 0 Å². The average Bonchev–Trinajstić information content (AvgIpc) is 2.88. The van der Waals surface area contributed by atoms with Crippen molar-refractivity contribution in [2.45, 2.75) is 44.2 Å². The fraction of sp³-hybridized carbons (Fsp3) is 0.533. The highest BCUT2D eigenvalue weighted by molar-refractivity contribution is 9.10. The molecule has 0 spiro atoms. The van der Waals surface area contributed by atoms with Crippen LogP contribution in [0.1, 0.15) is 32.6 Å². The molecule has 1 fully saturated rings. The molecule has 0 radical (unpaired) electrons. The number of hydrogen-bond donors (Lipinski definition) is 2. The molecule has 1 aromatic carbocycles. The summed E-state index contributed by atoms with van der Waals surface area (Å²) in [6, 6.07) is 7.39. The number of benzene rings is 1. The van der Waals surface area contributed by atoms with E-state index in [1.54, 1.807) is 6.92 Å². The van der Waals surface area contributed by atoms with Crippen LogP contribution >= 0.6 is 15.9 Å². The minimum Gasteiger partial charge on any atom is -0.481 e. The first-order valence-corrected chi connectivity index (χ1v) is 7.69. The molecule has 1 aromatic rings. The van der Waals surface area contributed by atoms with E-state index in [2.05, 4.69) is 21.2 Å². The van der Waals surface area contributed by atoms with Gasteiger partial charge in [0.15, 0.2) is 6.10 Å². The van der Waals surface area contributed by atoms with Gasteiger partial charge in [-0.3, -0.25) is 4.79 Å². The number of carbonyl (C=O) groups is 1. The summed E-state index contributed by atoms with van der Waals surface area (Å²) >= 11 is 3.37. The smallest absolute Gasteiger partial charge is 0.261 e. The lowest BCUT2D eigenvalue weighted by Crippen LogP contribution is -2.52. The van der Waals surface area contributed by atoms with Gasteiger partial charge in [0.25, 0.3) is 5.91 Å². The summed E-state index contributed by atoms with van der Waals surface area (Å²) in [6.07, 6.45) is 3.16. The molecule has 1 atom stereocenters. The summed E-state index contributed by atoms with van der Waals surface area (Å²) in [6.45, 7) is 1.71. The van der Waals surface area contributed by atoms with Crippen molar-refractivity contribution in [3.63, 3.8) is 0 Å². The summed E-state index contributed by atoms with van der Waals surface area (Å²) in [5.41, 5.74) is -0.452. The second kappa shape index (κ2) is 6.59. The molecule has 1 aliphatic carbocycles. The van der Waals surface area contributed by atoms with Crippen LogP contribution in [0.25, 0.3) is 0 Å². The van der Waals surface area contributed by atoms with Crippen LogP contribution in [0.5, 0.6) is 5.75 Å². The number of hydrogen-bond acceptors (Lipinski definition) is 3. The highest BCUT2D eigenvalue weighted by Gasteiger charge is 2.35. The quantitative estimate of drug-likeness (QED) is 0.865. The molecule has 20 heavy (non-hydrogen) atoms. The lowest BCUT2D eigenvalue weighted by atomic mass is 9.98. The first-order valence-electron chi connectivity index (χ1n) is 6.90. The largest absolute Gasteiger partial charge is 0.481 e. The van der Waals surface area contributed by atoms with Gasteiger partial charge in [0.1, 0.15) is 5.75 Å². The number of amides is 1. The summed E-state index contributed by atoms with van der Waals surface area (Å²) in [7, 11) is 0. The molecule has 1 saturated carbocycles. The Morgan fingerprint density at radius 3 is 2.80 bits per heavy atom. The monoisotopic (exact) mass is 341 g/mol. The van der Waals surface area contributed by atoms with Gasteiger partial charge in [-0.25, -0.2) is 0 Å². The van der Waals surface area contributed by atoms with Crippen molar-refractivity contribution in [3.8, 4) is 5.75 Å². The lowest BCUT2D eigenvalue weighted by molar-refractivity contribution is -0.129. The standard InChI is InChI=1S/C15H20BrNO3/c1-11(20-13-6-4-5-12(16)9-13)14(19)17-15(10-18)7-2-3-8-15/h4-6,9,11,18H,2-3,7-8,10H2,1H3,(H,17,19). The maximum Gasteiger partial charge on any atom is 0.261 e. The van der Waals surface area contributed by atoms with E-state index in [0.29, 0.717) is 5.75 Å². The second-order valence-corrected chi connectivity index (χ2v) is 6.27. The van der Waals surface area contributed by atoms with Crippen LogP contribution < -0.4 is 10.1 Å². The first-order chi connectivity index (χ1) is 9.54. The van der Waals surface area contributed by atoms with Crippen LogP contribution in [-0.2, 0) is 4.79 Å². The van der Waals surface area contributed by atoms with E-state index in [-0.39, 0.29) is 12.5 Å². The summed E-state index contributed by atoms with van der Waals surface area (Å²) < 4.78 is 6.54. The van der Waals surface area contributed by atoms with Crippen LogP contribution in [-0.4, -0.2) is 29.3 Å². The van der Waals surface area contributed by atoms with Gasteiger partial charge in [-0.15, -0.1) is 0 Å². The Kier molecular flexibility index (Phi) is 5.05. The molecule has 0 aliphatic heterocycles. The Balaban J connectivity index is 1.95. The fourth-order valence-corrected chi connectivity index (χ4v) is 2.91. The van der Waals surface area contributed by atoms with Crippen molar-refractivity contribution < 1.29 is 14.6 Å². The number of rotatable bonds is 5. The fourth-order valence-electron chi connectivity index (χ4n) is 2.54. The number of aliphatic hydroxyl groups is 1. The van der Waals surface area contributed by atoms with E-state index >= 15 is 0 Å². The third-order valence-corrected chi connectivity index (χ3v) is 4.22. The lowest BCUT2D eigenvalue weighted by Gasteiger charge is -2.29. The van der Waals surface area contributed by atoms with Gasteiger partial charge >= 0.3 is 0 Å². The summed E-state index contributed by atoms with van der Waals surface area (Å²) in [5, 5.41) is 12.5. The Morgan fingerprint density at radius 1 is 1.50 bits per heavy atom. The third kappa shape index (κ3) is 3.73. The zero-order valence-corrected chi connectivity index (χ0v) is 13.1. The average molecular weight is 342 g/mol. The highest BCUT2D eigenvalue weighted by Crippen LogP contribution is 2.29. The number of nitrogens with one attached hydrogen (secondary N) is 1. The van der Waals surface area contributed by atoms with Gasteiger partial charge in [-0.1, -0.05) is 34.8 Å². The first kappa shape index (κ1) is 15.3. The zero-order chi connectivity index (χ0) is 14.6. The minimum absolute atomic E-state index is 0.0116. The second-order valence-electron chi connectivity index (χ2n) is 5.35. The maximum atomic E-state index is 12.2. The number of carbonyl (C=O) groups excluding carboxylic acids is 1. The molecule has 0 saturated heterocycles. The molecule has 0 heterocycles. The minimum atomic E-state index is -0.590. The molecular formula is C15H20BrNO3. The van der Waals surface area contributed by atoms with E-state index in [1.807, 2.05) is 24.3 Å². The molecule has 0 aromatic heterocycles. The van der Waals surface area contributed by atoms with E-state index in [0.717, 1.165) is 30.2 Å². The zero-order valence-electron chi connectivity index (χ0n) is 11.6. The Labute approximate surface area is 127 Å². The van der Waals surface area contributed by atoms with Gasteiger partial charge in [-0.2, -0.15) is 0 Å². The van der Waals surface area contributed by atoms with Crippen LogP contribution in [0.4, 0.5) is 0 Å². The predicted octanol–water partition coefficient (Wildman–Crippen LogP) is 2.64. The van der Waals surface area contributed by atoms with Gasteiger partial charge in [0.05, 0.1) is 12.1 Å². The van der Waals surface area contributed by atoms with E-state index in [4.69, 9.17) is 4.74 Å². The summed E-state index contributed by atoms with van der Waals surface area (Å²) in [5.74, 6) is 0.465. The van der Waals surface area contributed by atoms with Gasteiger partial charge in [0.2, 0.25) is 0 Å². The molecule has 1 amide bonds. The van der Waals surface area contributed by atoms with E-state index in [9.17, 15) is 9.90 Å². The molecule has 1 unspecified atom stereocenters. The molecule has 2 N–H and O–H groups in total. The maximum absolute atomic E-state index is 12.2. The Morgan fingerprint density at radius 2 is 2.20 bits per heavy atom. The Hall–Kier alpha value is -1.07. The predicted molar refractivity (Wildman–Crippen MR) is 80.7 cm³/mol. The highest BCUT2D eigenvalue weighted by atomic mass is 79.9. The molecule has 4 nitrogen and oxygen atoms in total. The molecule has 5 heteroatoms. The molecule has 0 bridgehead atoms. The van der Waals surface area contributed by atoms with Crippen LogP contribution in [0.2, 0.25) is 0 Å². The van der Waals surface area contributed by atoms with E-state index < -0.39 is 11.6 Å². The number of aliphatic hydroxyl groups excluding tert-OH is 1. The topological polar surface area (TPSA) is 58.6 Å². The number of ether oxygens (including phenoxy) is 1. The van der Waals surface area contributed by atoms with Crippen LogP contribution in [0.15, 0.2) is 28.7 Å². The van der Waals surface area contributed by atoms with Crippen molar-refractivity contribution in [2.75, 3.05) is 6.61 Å². The van der Waals surface area contributed by atoms with Crippen LogP contribution in [0.3, 0.4) is 0 Å². The SMILES string of the molecule is CC(Oc1cccc(Br)c1)C(=O)NC1(CO)CCCC1. The van der Waals surface area contributed by atoms with Crippen molar-refractivity contribution >= 4 is 21.8 Å². The van der Waals surface area contributed by atoms with Gasteiger partial charge in [-0.05, 0) is 38.0 Å². The Bertz CT molecular complexity index is 472. The van der Waals surface area contributed by atoms with Crippen molar-refractivity contribution in [1.82, 2.24) is 5.32 Å². The molecule has 110 valence electrons. The third-order valence-electron chi connectivity index (χ3n) is 3.73. The molecular weight excluding hydrogens is 322 g/mol. The summed E-state index contributed by atoms with van der Waals surface area (Å²) in [4.78, 5) is 12.2. The van der Waals surface area contributed by atoms with Gasteiger partial charge in [0, 0.05) is 4.47 Å². The molecule has 2 rings (SSSR count). The normalized spacial score (nSPS) is 18.6. The van der Waals surface area contributed by atoms with Gasteiger partial charge < -0.3 is 15.2 Å². The van der Waals surface area contributed by atoms with Crippen molar-refractivity contribution in [2.24, 2.45) is 0 Å². The van der Waals surface area contributed by atoms with Crippen molar-refractivity contribution in [3.05, 3.63) is 28.7 Å². The number of halogens is 1. The van der Waals surface area contributed by atoms with E-state index in [1.165, 1.54) is 0 Å². The molecule has 1 aliphatic rings. The van der Waals surface area contributed by atoms with Crippen molar-refractivity contribution in [1.29, 1.82) is 0 Å².